The summed E-state index contributed by atoms with van der Waals surface area (Å²) < 4.78 is 0. The van der Waals surface area contributed by atoms with Crippen LogP contribution in [0.25, 0.3) is 0 Å². The summed E-state index contributed by atoms with van der Waals surface area (Å²) in [5.41, 5.74) is 1.25. The molecule has 2 heteroatoms. The van der Waals surface area contributed by atoms with Crippen molar-refractivity contribution >= 4 is 5.71 Å². The van der Waals surface area contributed by atoms with Gasteiger partial charge in [0.1, 0.15) is 7.11 Å². The average molecular weight is 169 g/mol. The van der Waals surface area contributed by atoms with Gasteiger partial charge in [0.25, 0.3) is 0 Å². The molecule has 2 nitrogen and oxygen atoms in total. The predicted octanol–water partition coefficient (Wildman–Crippen LogP) is 2.84. The van der Waals surface area contributed by atoms with Gasteiger partial charge in [-0.2, -0.15) is 0 Å². The third-order valence-electron chi connectivity index (χ3n) is 2.39. The van der Waals surface area contributed by atoms with Gasteiger partial charge in [-0.05, 0) is 37.5 Å². The largest absolute Gasteiger partial charge is 0.399 e. The Kier molecular flexibility index (Phi) is 3.57. The van der Waals surface area contributed by atoms with Crippen molar-refractivity contribution in [3.63, 3.8) is 0 Å². The fourth-order valence-electron chi connectivity index (χ4n) is 1.99. The maximum Gasteiger partial charge on any atom is 0.106 e. The van der Waals surface area contributed by atoms with Gasteiger partial charge < -0.3 is 4.84 Å². The van der Waals surface area contributed by atoms with Crippen molar-refractivity contribution in [2.45, 2.75) is 39.5 Å². The van der Waals surface area contributed by atoms with E-state index in [1.165, 1.54) is 18.6 Å². The van der Waals surface area contributed by atoms with Gasteiger partial charge in [-0.25, -0.2) is 0 Å². The van der Waals surface area contributed by atoms with Crippen LogP contribution >= 0.6 is 0 Å². The normalized spacial score (nSPS) is 27.0. The highest BCUT2D eigenvalue weighted by molar-refractivity contribution is 5.85. The van der Waals surface area contributed by atoms with E-state index in [0.717, 1.165) is 24.7 Å². The van der Waals surface area contributed by atoms with E-state index in [0.29, 0.717) is 0 Å². The number of hydrogen-bond acceptors (Lipinski definition) is 2. The predicted molar refractivity (Wildman–Crippen MR) is 51.2 cm³/mol. The summed E-state index contributed by atoms with van der Waals surface area (Å²) in [6.07, 6.45) is 4.94. The van der Waals surface area contributed by atoms with Gasteiger partial charge in [0.05, 0.1) is 5.71 Å². The SMILES string of the molecule is CO/N=C1/CCC(CC(C)C)C1. The zero-order valence-corrected chi connectivity index (χ0v) is 8.34. The first-order valence-electron chi connectivity index (χ1n) is 4.81. The highest BCUT2D eigenvalue weighted by Crippen LogP contribution is 2.28. The number of nitrogens with zero attached hydrogens (tertiary/aromatic N) is 1. The lowest BCUT2D eigenvalue weighted by Crippen LogP contribution is -2.00. The van der Waals surface area contributed by atoms with Crippen molar-refractivity contribution in [3.8, 4) is 0 Å². The molecular formula is C10H19NO. The van der Waals surface area contributed by atoms with E-state index in [-0.39, 0.29) is 0 Å². The second-order valence-corrected chi connectivity index (χ2v) is 4.08. The minimum atomic E-state index is 0.817. The van der Waals surface area contributed by atoms with E-state index in [1.54, 1.807) is 7.11 Å². The van der Waals surface area contributed by atoms with E-state index in [1.807, 2.05) is 0 Å². The molecule has 0 aromatic rings. The Bertz CT molecular complexity index is 163. The van der Waals surface area contributed by atoms with E-state index in [2.05, 4.69) is 19.0 Å². The van der Waals surface area contributed by atoms with Crippen LogP contribution < -0.4 is 0 Å². The number of rotatable bonds is 3. The minimum absolute atomic E-state index is 0.817. The Balaban J connectivity index is 2.30. The molecule has 0 saturated heterocycles. The molecule has 0 amide bonds. The Morgan fingerprint density at radius 2 is 2.33 bits per heavy atom. The van der Waals surface area contributed by atoms with Crippen LogP contribution in [-0.2, 0) is 4.84 Å². The molecule has 1 unspecified atom stereocenters. The summed E-state index contributed by atoms with van der Waals surface area (Å²) in [7, 11) is 1.63. The van der Waals surface area contributed by atoms with Gasteiger partial charge in [-0.15, -0.1) is 0 Å². The van der Waals surface area contributed by atoms with E-state index in [4.69, 9.17) is 4.84 Å². The summed E-state index contributed by atoms with van der Waals surface area (Å²) >= 11 is 0. The van der Waals surface area contributed by atoms with Gasteiger partial charge in [0, 0.05) is 0 Å². The lowest BCUT2D eigenvalue weighted by Gasteiger charge is -2.10. The minimum Gasteiger partial charge on any atom is -0.399 e. The Labute approximate surface area is 75.0 Å². The fourth-order valence-corrected chi connectivity index (χ4v) is 1.99. The van der Waals surface area contributed by atoms with Crippen LogP contribution in [0.3, 0.4) is 0 Å². The number of hydrogen-bond donors (Lipinski definition) is 0. The van der Waals surface area contributed by atoms with Gasteiger partial charge in [-0.3, -0.25) is 0 Å². The molecule has 1 fully saturated rings. The lowest BCUT2D eigenvalue weighted by atomic mass is 9.96. The Morgan fingerprint density at radius 1 is 1.58 bits per heavy atom. The molecule has 0 bridgehead atoms. The van der Waals surface area contributed by atoms with Crippen LogP contribution in [0.5, 0.6) is 0 Å². The summed E-state index contributed by atoms with van der Waals surface area (Å²) in [5.74, 6) is 1.68. The molecule has 1 saturated carbocycles. The van der Waals surface area contributed by atoms with Crippen molar-refractivity contribution in [2.24, 2.45) is 17.0 Å². The molecule has 0 radical (unpaired) electrons. The van der Waals surface area contributed by atoms with Gasteiger partial charge in [0.15, 0.2) is 0 Å². The first-order valence-corrected chi connectivity index (χ1v) is 4.81. The molecule has 0 aromatic heterocycles. The number of oxime groups is 1. The van der Waals surface area contributed by atoms with Crippen molar-refractivity contribution in [3.05, 3.63) is 0 Å². The van der Waals surface area contributed by atoms with Crippen molar-refractivity contribution in [2.75, 3.05) is 7.11 Å². The molecule has 12 heavy (non-hydrogen) atoms. The molecule has 1 aliphatic rings. The molecule has 0 N–H and O–H groups in total. The molecular weight excluding hydrogens is 150 g/mol. The van der Waals surface area contributed by atoms with E-state index < -0.39 is 0 Å². The molecule has 0 aromatic carbocycles. The summed E-state index contributed by atoms with van der Waals surface area (Å²) in [6.45, 7) is 4.57. The van der Waals surface area contributed by atoms with E-state index in [9.17, 15) is 0 Å². The van der Waals surface area contributed by atoms with Crippen LogP contribution in [0.15, 0.2) is 5.16 Å². The summed E-state index contributed by atoms with van der Waals surface area (Å²) in [5, 5.41) is 4.00. The average Bonchev–Trinajstić information content (AvgIpc) is 2.36. The first kappa shape index (κ1) is 9.56. The monoisotopic (exact) mass is 169 g/mol. The topological polar surface area (TPSA) is 21.6 Å². The Hall–Kier alpha value is -0.530. The molecule has 70 valence electrons. The van der Waals surface area contributed by atoms with Gasteiger partial charge >= 0.3 is 0 Å². The standard InChI is InChI=1S/C10H19NO/c1-8(2)6-9-4-5-10(7-9)11-12-3/h8-9H,4-7H2,1-3H3/b11-10-. The highest BCUT2D eigenvalue weighted by atomic mass is 16.6. The van der Waals surface area contributed by atoms with Crippen LogP contribution in [0.4, 0.5) is 0 Å². The molecule has 1 aliphatic carbocycles. The second-order valence-electron chi connectivity index (χ2n) is 4.08. The Morgan fingerprint density at radius 3 is 2.92 bits per heavy atom. The van der Waals surface area contributed by atoms with Crippen LogP contribution in [0, 0.1) is 11.8 Å². The van der Waals surface area contributed by atoms with Crippen LogP contribution in [-0.4, -0.2) is 12.8 Å². The smallest absolute Gasteiger partial charge is 0.106 e. The quantitative estimate of drug-likeness (QED) is 0.595. The van der Waals surface area contributed by atoms with Crippen molar-refractivity contribution < 1.29 is 4.84 Å². The van der Waals surface area contributed by atoms with Gasteiger partial charge in [-0.1, -0.05) is 19.0 Å². The maximum absolute atomic E-state index is 4.77. The lowest BCUT2D eigenvalue weighted by molar-refractivity contribution is 0.212. The fraction of sp³-hybridized carbons (Fsp3) is 0.900. The maximum atomic E-state index is 4.77. The van der Waals surface area contributed by atoms with E-state index >= 15 is 0 Å². The second kappa shape index (κ2) is 4.48. The van der Waals surface area contributed by atoms with Crippen LogP contribution in [0.1, 0.15) is 39.5 Å². The van der Waals surface area contributed by atoms with Crippen molar-refractivity contribution in [1.29, 1.82) is 0 Å². The summed E-state index contributed by atoms with van der Waals surface area (Å²) in [6, 6.07) is 0. The highest BCUT2D eigenvalue weighted by Gasteiger charge is 2.21. The third-order valence-corrected chi connectivity index (χ3v) is 2.39. The molecule has 1 rings (SSSR count). The van der Waals surface area contributed by atoms with Gasteiger partial charge in [0.2, 0.25) is 0 Å². The zero-order valence-electron chi connectivity index (χ0n) is 8.34. The van der Waals surface area contributed by atoms with Crippen LogP contribution in [0.2, 0.25) is 0 Å². The zero-order chi connectivity index (χ0) is 8.97. The molecule has 1 atom stereocenters. The summed E-state index contributed by atoms with van der Waals surface area (Å²) in [4.78, 5) is 4.77. The molecule has 0 aliphatic heterocycles. The third kappa shape index (κ3) is 2.84. The van der Waals surface area contributed by atoms with Crippen molar-refractivity contribution in [1.82, 2.24) is 0 Å². The molecule has 0 spiro atoms. The molecule has 0 heterocycles. The first-order chi connectivity index (χ1) is 5.72.